The van der Waals surface area contributed by atoms with Gasteiger partial charge in [0, 0.05) is 12.2 Å². The summed E-state index contributed by atoms with van der Waals surface area (Å²) in [6.45, 7) is 3.04. The number of fused-ring (bicyclic) bond motifs is 1. The zero-order valence-electron chi connectivity index (χ0n) is 11.5. The summed E-state index contributed by atoms with van der Waals surface area (Å²) in [5.41, 5.74) is 3.83. The maximum Gasteiger partial charge on any atom is 0.349 e. The monoisotopic (exact) mass is 288 g/mol. The maximum atomic E-state index is 11.5. The molecule has 0 bridgehead atoms. The van der Waals surface area contributed by atoms with Gasteiger partial charge in [-0.3, -0.25) is 0 Å². The van der Waals surface area contributed by atoms with Crippen LogP contribution in [0.1, 0.15) is 27.2 Å². The molecule has 0 saturated heterocycles. The Bertz CT molecular complexity index is 651. The minimum atomic E-state index is -0.324. The van der Waals surface area contributed by atoms with Crippen LogP contribution >= 0.6 is 11.3 Å². The van der Waals surface area contributed by atoms with Crippen LogP contribution in [0.2, 0.25) is 0 Å². The normalized spacial score (nSPS) is 14.0. The summed E-state index contributed by atoms with van der Waals surface area (Å²) in [4.78, 5) is 18.6. The van der Waals surface area contributed by atoms with Crippen molar-refractivity contribution in [2.75, 3.05) is 18.6 Å². The Labute approximate surface area is 122 Å². The lowest BCUT2D eigenvalue weighted by Crippen LogP contribution is -2.24. The standard InChI is InChI=1S/C15H16N2O2S/c1-10-5-6-12-11(8-10)4-3-7-17(12)15-16-9-13(20-15)14(18)19-2/h5-6,8-9H,3-4,7H2,1-2H3. The molecule has 2 aromatic rings. The van der Waals surface area contributed by atoms with Crippen LogP contribution in [0, 0.1) is 6.92 Å². The third-order valence-corrected chi connectivity index (χ3v) is 4.46. The molecule has 0 radical (unpaired) electrons. The topological polar surface area (TPSA) is 42.4 Å². The maximum absolute atomic E-state index is 11.5. The number of benzene rings is 1. The Balaban J connectivity index is 1.96. The Hall–Kier alpha value is -1.88. The zero-order chi connectivity index (χ0) is 14.1. The molecule has 2 heterocycles. The van der Waals surface area contributed by atoms with Crippen molar-refractivity contribution in [3.63, 3.8) is 0 Å². The fourth-order valence-corrected chi connectivity index (χ4v) is 3.38. The van der Waals surface area contributed by atoms with E-state index in [2.05, 4.69) is 35.0 Å². The minimum absolute atomic E-state index is 0.324. The first-order valence-electron chi connectivity index (χ1n) is 6.60. The van der Waals surface area contributed by atoms with Gasteiger partial charge in [-0.05, 0) is 31.4 Å². The van der Waals surface area contributed by atoms with Crippen LogP contribution in [0.5, 0.6) is 0 Å². The second-order valence-electron chi connectivity index (χ2n) is 4.89. The predicted octanol–water partition coefficient (Wildman–Crippen LogP) is 3.32. The molecule has 0 N–H and O–H groups in total. The van der Waals surface area contributed by atoms with E-state index in [9.17, 15) is 4.79 Å². The molecule has 0 saturated carbocycles. The number of hydrogen-bond donors (Lipinski definition) is 0. The van der Waals surface area contributed by atoms with E-state index in [1.165, 1.54) is 35.3 Å². The van der Waals surface area contributed by atoms with Gasteiger partial charge in [0.2, 0.25) is 0 Å². The number of carbonyl (C=O) groups is 1. The molecular formula is C15H16N2O2S. The summed E-state index contributed by atoms with van der Waals surface area (Å²) in [7, 11) is 1.39. The van der Waals surface area contributed by atoms with Gasteiger partial charge in [0.15, 0.2) is 5.13 Å². The SMILES string of the molecule is COC(=O)c1cnc(N2CCCc3cc(C)ccc32)s1. The molecule has 0 unspecified atom stereocenters. The Morgan fingerprint density at radius 1 is 1.45 bits per heavy atom. The lowest BCUT2D eigenvalue weighted by atomic mass is 10.0. The molecule has 1 aromatic heterocycles. The number of thiazole rings is 1. The number of hydrogen-bond acceptors (Lipinski definition) is 5. The zero-order valence-corrected chi connectivity index (χ0v) is 12.4. The van der Waals surface area contributed by atoms with E-state index in [0.29, 0.717) is 4.88 Å². The van der Waals surface area contributed by atoms with Crippen LogP contribution in [0.25, 0.3) is 0 Å². The summed E-state index contributed by atoms with van der Waals surface area (Å²) < 4.78 is 4.74. The lowest BCUT2D eigenvalue weighted by Gasteiger charge is -2.29. The Kier molecular flexibility index (Phi) is 3.44. The number of rotatable bonds is 2. The second kappa shape index (κ2) is 5.25. The van der Waals surface area contributed by atoms with Crippen LogP contribution in [-0.4, -0.2) is 24.6 Å². The number of methoxy groups -OCH3 is 1. The first kappa shape index (κ1) is 13.1. The number of anilines is 2. The summed E-state index contributed by atoms with van der Waals surface area (Å²) in [5.74, 6) is -0.324. The first-order chi connectivity index (χ1) is 9.69. The molecule has 1 aliphatic rings. The molecule has 4 nitrogen and oxygen atoms in total. The van der Waals surface area contributed by atoms with E-state index >= 15 is 0 Å². The predicted molar refractivity (Wildman–Crippen MR) is 80.0 cm³/mol. The summed E-state index contributed by atoms with van der Waals surface area (Å²) in [5, 5.41) is 0.857. The van der Waals surface area contributed by atoms with E-state index in [1.807, 2.05) is 0 Å². The highest BCUT2D eigenvalue weighted by Gasteiger charge is 2.22. The second-order valence-corrected chi connectivity index (χ2v) is 5.90. The van der Waals surface area contributed by atoms with E-state index in [-0.39, 0.29) is 5.97 Å². The van der Waals surface area contributed by atoms with Crippen molar-refractivity contribution in [2.45, 2.75) is 19.8 Å². The molecule has 0 spiro atoms. The molecule has 0 atom stereocenters. The lowest BCUT2D eigenvalue weighted by molar-refractivity contribution is 0.0606. The van der Waals surface area contributed by atoms with Gasteiger partial charge in [-0.1, -0.05) is 29.0 Å². The Morgan fingerprint density at radius 3 is 3.10 bits per heavy atom. The van der Waals surface area contributed by atoms with E-state index in [1.54, 1.807) is 6.20 Å². The molecule has 0 aliphatic carbocycles. The third kappa shape index (κ3) is 2.29. The molecule has 3 rings (SSSR count). The molecule has 5 heteroatoms. The molecule has 0 fully saturated rings. The van der Waals surface area contributed by atoms with Crippen molar-refractivity contribution in [3.05, 3.63) is 40.4 Å². The van der Waals surface area contributed by atoms with Crippen molar-refractivity contribution >= 4 is 28.1 Å². The average molecular weight is 288 g/mol. The quantitative estimate of drug-likeness (QED) is 0.795. The van der Waals surface area contributed by atoms with Gasteiger partial charge in [0.05, 0.1) is 13.3 Å². The smallest absolute Gasteiger partial charge is 0.349 e. The Morgan fingerprint density at radius 2 is 2.30 bits per heavy atom. The number of nitrogens with zero attached hydrogens (tertiary/aromatic N) is 2. The van der Waals surface area contributed by atoms with E-state index < -0.39 is 0 Å². The van der Waals surface area contributed by atoms with Gasteiger partial charge >= 0.3 is 5.97 Å². The van der Waals surface area contributed by atoms with Crippen molar-refractivity contribution in [3.8, 4) is 0 Å². The highest BCUT2D eigenvalue weighted by molar-refractivity contribution is 7.17. The highest BCUT2D eigenvalue weighted by Crippen LogP contribution is 2.36. The molecular weight excluding hydrogens is 272 g/mol. The van der Waals surface area contributed by atoms with E-state index in [4.69, 9.17) is 4.74 Å². The number of aryl methyl sites for hydroxylation is 2. The minimum Gasteiger partial charge on any atom is -0.465 e. The van der Waals surface area contributed by atoms with Gasteiger partial charge in [0.25, 0.3) is 0 Å². The highest BCUT2D eigenvalue weighted by atomic mass is 32.1. The van der Waals surface area contributed by atoms with Gasteiger partial charge in [-0.15, -0.1) is 0 Å². The number of ether oxygens (including phenoxy) is 1. The largest absolute Gasteiger partial charge is 0.465 e. The van der Waals surface area contributed by atoms with Gasteiger partial charge < -0.3 is 9.64 Å². The fourth-order valence-electron chi connectivity index (χ4n) is 2.51. The summed E-state index contributed by atoms with van der Waals surface area (Å²) in [6.07, 6.45) is 3.79. The molecule has 104 valence electrons. The summed E-state index contributed by atoms with van der Waals surface area (Å²) in [6, 6.07) is 6.49. The van der Waals surface area contributed by atoms with Crippen molar-refractivity contribution in [1.82, 2.24) is 4.98 Å². The van der Waals surface area contributed by atoms with Crippen LogP contribution in [0.4, 0.5) is 10.8 Å². The van der Waals surface area contributed by atoms with Crippen LogP contribution < -0.4 is 4.90 Å². The fraction of sp³-hybridized carbons (Fsp3) is 0.333. The van der Waals surface area contributed by atoms with Gasteiger partial charge in [0.1, 0.15) is 4.88 Å². The van der Waals surface area contributed by atoms with Gasteiger partial charge in [-0.2, -0.15) is 0 Å². The van der Waals surface area contributed by atoms with Crippen LogP contribution in [-0.2, 0) is 11.2 Å². The van der Waals surface area contributed by atoms with Crippen molar-refractivity contribution in [1.29, 1.82) is 0 Å². The summed E-state index contributed by atoms with van der Waals surface area (Å²) >= 11 is 1.38. The molecule has 1 aromatic carbocycles. The van der Waals surface area contributed by atoms with Crippen LogP contribution in [0.15, 0.2) is 24.4 Å². The first-order valence-corrected chi connectivity index (χ1v) is 7.42. The third-order valence-electron chi connectivity index (χ3n) is 3.46. The average Bonchev–Trinajstić information content (AvgIpc) is 2.95. The van der Waals surface area contributed by atoms with Crippen LogP contribution in [0.3, 0.4) is 0 Å². The molecule has 1 aliphatic heterocycles. The molecule has 0 amide bonds. The van der Waals surface area contributed by atoms with E-state index in [0.717, 1.165) is 24.5 Å². The van der Waals surface area contributed by atoms with Crippen molar-refractivity contribution in [2.24, 2.45) is 0 Å². The molecule has 20 heavy (non-hydrogen) atoms. The number of esters is 1. The number of aromatic nitrogens is 1. The van der Waals surface area contributed by atoms with Gasteiger partial charge in [-0.25, -0.2) is 9.78 Å². The van der Waals surface area contributed by atoms with Crippen molar-refractivity contribution < 1.29 is 9.53 Å². The number of carbonyl (C=O) groups excluding carboxylic acids is 1.